The Morgan fingerprint density at radius 2 is 1.78 bits per heavy atom. The first-order valence-electron chi connectivity index (χ1n) is 7.54. The number of aromatic nitrogens is 1. The van der Waals surface area contributed by atoms with Gasteiger partial charge in [0.2, 0.25) is 5.43 Å². The molecule has 0 radical (unpaired) electrons. The second-order valence-corrected chi connectivity index (χ2v) is 5.40. The van der Waals surface area contributed by atoms with Crippen LogP contribution in [0.1, 0.15) is 11.3 Å². The summed E-state index contributed by atoms with van der Waals surface area (Å²) >= 11 is 0. The Bertz CT molecular complexity index is 710. The standard InChI is InChI=1S/C19H22N2O2/c1-3-10-20(11-4-2)14-17-12-18(22)19(23)15-21(17)13-16-8-6-5-7-9-16/h3-9,12,15,23H,1-2,10-11,13-14H2. The van der Waals surface area contributed by atoms with E-state index in [2.05, 4.69) is 18.1 Å². The van der Waals surface area contributed by atoms with Gasteiger partial charge in [-0.3, -0.25) is 9.69 Å². The molecule has 0 amide bonds. The first-order valence-corrected chi connectivity index (χ1v) is 7.54. The van der Waals surface area contributed by atoms with Crippen molar-refractivity contribution >= 4 is 0 Å². The molecule has 0 fully saturated rings. The molecule has 0 atom stereocenters. The molecule has 0 aliphatic rings. The van der Waals surface area contributed by atoms with Gasteiger partial charge < -0.3 is 9.67 Å². The van der Waals surface area contributed by atoms with Gasteiger partial charge in [-0.15, -0.1) is 13.2 Å². The summed E-state index contributed by atoms with van der Waals surface area (Å²) in [5.74, 6) is -0.233. The lowest BCUT2D eigenvalue weighted by Crippen LogP contribution is -2.26. The highest BCUT2D eigenvalue weighted by Gasteiger charge is 2.10. The number of benzene rings is 1. The Labute approximate surface area is 136 Å². The fraction of sp³-hybridized carbons (Fsp3) is 0.211. The van der Waals surface area contributed by atoms with Crippen molar-refractivity contribution in [1.29, 1.82) is 0 Å². The van der Waals surface area contributed by atoms with Gasteiger partial charge in [0.25, 0.3) is 0 Å². The van der Waals surface area contributed by atoms with Gasteiger partial charge in [-0.05, 0) is 5.56 Å². The largest absolute Gasteiger partial charge is 0.503 e. The smallest absolute Gasteiger partial charge is 0.223 e. The number of nitrogens with zero attached hydrogens (tertiary/aromatic N) is 2. The number of rotatable bonds is 8. The van der Waals surface area contributed by atoms with Gasteiger partial charge in [0.15, 0.2) is 5.75 Å². The molecule has 2 aromatic rings. The first-order chi connectivity index (χ1) is 11.1. The van der Waals surface area contributed by atoms with Crippen LogP contribution in [0.15, 0.2) is 72.7 Å². The van der Waals surface area contributed by atoms with Gasteiger partial charge in [-0.2, -0.15) is 0 Å². The van der Waals surface area contributed by atoms with Crippen molar-refractivity contribution in [3.63, 3.8) is 0 Å². The van der Waals surface area contributed by atoms with E-state index in [1.807, 2.05) is 47.1 Å². The molecule has 0 aliphatic carbocycles. The summed E-state index contributed by atoms with van der Waals surface area (Å²) in [5, 5.41) is 9.76. The van der Waals surface area contributed by atoms with E-state index in [1.54, 1.807) is 0 Å². The fourth-order valence-corrected chi connectivity index (χ4v) is 2.46. The molecule has 0 saturated carbocycles. The Morgan fingerprint density at radius 3 is 2.39 bits per heavy atom. The van der Waals surface area contributed by atoms with Crippen molar-refractivity contribution < 1.29 is 5.11 Å². The summed E-state index contributed by atoms with van der Waals surface area (Å²) in [6, 6.07) is 11.4. The van der Waals surface area contributed by atoms with Crippen molar-refractivity contribution in [2.45, 2.75) is 13.1 Å². The SMILES string of the molecule is C=CCN(CC=C)Cc1cc(=O)c(O)cn1Cc1ccccc1. The number of hydrogen-bond acceptors (Lipinski definition) is 3. The van der Waals surface area contributed by atoms with Gasteiger partial charge in [0.05, 0.1) is 6.20 Å². The van der Waals surface area contributed by atoms with Crippen LogP contribution in [0.2, 0.25) is 0 Å². The molecule has 0 bridgehead atoms. The predicted octanol–water partition coefficient (Wildman–Crippen LogP) is 2.78. The zero-order valence-electron chi connectivity index (χ0n) is 13.2. The minimum absolute atomic E-state index is 0.233. The van der Waals surface area contributed by atoms with Crippen LogP contribution in [0.4, 0.5) is 0 Å². The van der Waals surface area contributed by atoms with E-state index in [1.165, 1.54) is 12.3 Å². The normalized spacial score (nSPS) is 10.7. The van der Waals surface area contributed by atoms with Crippen LogP contribution >= 0.6 is 0 Å². The third-order valence-electron chi connectivity index (χ3n) is 3.55. The molecule has 4 heteroatoms. The molecule has 0 spiro atoms. The first kappa shape index (κ1) is 16.8. The third-order valence-corrected chi connectivity index (χ3v) is 3.55. The molecule has 0 saturated heterocycles. The minimum atomic E-state index is -0.360. The summed E-state index contributed by atoms with van der Waals surface area (Å²) in [4.78, 5) is 13.9. The zero-order chi connectivity index (χ0) is 16.7. The van der Waals surface area contributed by atoms with Gasteiger partial charge >= 0.3 is 0 Å². The summed E-state index contributed by atoms with van der Waals surface area (Å²) in [7, 11) is 0. The van der Waals surface area contributed by atoms with Gasteiger partial charge in [-0.1, -0.05) is 42.5 Å². The van der Waals surface area contributed by atoms with Crippen molar-refractivity contribution in [3.05, 3.63) is 89.4 Å². The summed E-state index contributed by atoms with van der Waals surface area (Å²) in [6.45, 7) is 10.1. The van der Waals surface area contributed by atoms with E-state index in [4.69, 9.17) is 0 Å². The van der Waals surface area contributed by atoms with Crippen molar-refractivity contribution in [2.24, 2.45) is 0 Å². The van der Waals surface area contributed by atoms with Crippen LogP contribution in [0.3, 0.4) is 0 Å². The van der Waals surface area contributed by atoms with Crippen LogP contribution in [-0.2, 0) is 13.1 Å². The van der Waals surface area contributed by atoms with E-state index in [9.17, 15) is 9.90 Å². The van der Waals surface area contributed by atoms with Crippen LogP contribution in [0.25, 0.3) is 0 Å². The van der Waals surface area contributed by atoms with Crippen LogP contribution in [-0.4, -0.2) is 27.7 Å². The molecule has 2 rings (SSSR count). The average molecular weight is 310 g/mol. The maximum absolute atomic E-state index is 11.8. The van der Waals surface area contributed by atoms with E-state index in [0.717, 1.165) is 11.3 Å². The molecule has 1 N–H and O–H groups in total. The van der Waals surface area contributed by atoms with Gasteiger partial charge in [0, 0.05) is 37.9 Å². The quantitative estimate of drug-likeness (QED) is 0.763. The Morgan fingerprint density at radius 1 is 1.13 bits per heavy atom. The Balaban J connectivity index is 2.32. The third kappa shape index (κ3) is 4.69. The van der Waals surface area contributed by atoms with Crippen molar-refractivity contribution in [3.8, 4) is 5.75 Å². The van der Waals surface area contributed by atoms with E-state index in [0.29, 0.717) is 26.2 Å². The van der Waals surface area contributed by atoms with Gasteiger partial charge in [0.1, 0.15) is 0 Å². The molecule has 23 heavy (non-hydrogen) atoms. The summed E-state index contributed by atoms with van der Waals surface area (Å²) in [5.41, 5.74) is 1.60. The Kier molecular flexibility index (Phi) is 5.94. The Hall–Kier alpha value is -2.59. The highest BCUT2D eigenvalue weighted by Crippen LogP contribution is 2.12. The lowest BCUT2D eigenvalue weighted by atomic mass is 10.2. The van der Waals surface area contributed by atoms with Gasteiger partial charge in [-0.25, -0.2) is 0 Å². The molecule has 0 unspecified atom stereocenters. The molecule has 120 valence electrons. The summed E-state index contributed by atoms with van der Waals surface area (Å²) < 4.78 is 1.91. The molecule has 1 aromatic carbocycles. The highest BCUT2D eigenvalue weighted by molar-refractivity contribution is 5.23. The topological polar surface area (TPSA) is 45.5 Å². The summed E-state index contributed by atoms with van der Waals surface area (Å²) in [6.07, 6.45) is 5.15. The maximum atomic E-state index is 11.8. The molecular weight excluding hydrogens is 288 g/mol. The molecule has 4 nitrogen and oxygen atoms in total. The number of aromatic hydroxyl groups is 1. The van der Waals surface area contributed by atoms with Crippen LogP contribution in [0.5, 0.6) is 5.75 Å². The molecule has 0 aliphatic heterocycles. The van der Waals surface area contributed by atoms with Crippen LogP contribution < -0.4 is 5.43 Å². The highest BCUT2D eigenvalue weighted by atomic mass is 16.3. The second-order valence-electron chi connectivity index (χ2n) is 5.40. The lowest BCUT2D eigenvalue weighted by molar-refractivity contribution is 0.316. The fourth-order valence-electron chi connectivity index (χ4n) is 2.46. The average Bonchev–Trinajstić information content (AvgIpc) is 2.53. The minimum Gasteiger partial charge on any atom is -0.503 e. The maximum Gasteiger partial charge on any atom is 0.223 e. The van der Waals surface area contributed by atoms with E-state index in [-0.39, 0.29) is 11.2 Å². The monoisotopic (exact) mass is 310 g/mol. The van der Waals surface area contributed by atoms with Crippen molar-refractivity contribution in [2.75, 3.05) is 13.1 Å². The second kappa shape index (κ2) is 8.15. The lowest BCUT2D eigenvalue weighted by Gasteiger charge is -2.22. The van der Waals surface area contributed by atoms with Crippen LogP contribution in [0, 0.1) is 0 Å². The van der Waals surface area contributed by atoms with E-state index >= 15 is 0 Å². The molecule has 1 heterocycles. The number of pyridine rings is 1. The molecular formula is C19H22N2O2. The zero-order valence-corrected chi connectivity index (χ0v) is 13.2. The number of hydrogen-bond donors (Lipinski definition) is 1. The molecule has 1 aromatic heterocycles. The van der Waals surface area contributed by atoms with Crippen molar-refractivity contribution in [1.82, 2.24) is 9.47 Å². The predicted molar refractivity (Wildman–Crippen MR) is 93.6 cm³/mol. The van der Waals surface area contributed by atoms with E-state index < -0.39 is 0 Å².